The molecule has 0 spiro atoms. The highest BCUT2D eigenvalue weighted by molar-refractivity contribution is 7.89. The topological polar surface area (TPSA) is 105 Å². The minimum absolute atomic E-state index is 0.0433. The molecule has 2 saturated carbocycles. The van der Waals surface area contributed by atoms with Crippen molar-refractivity contribution in [1.29, 1.82) is 0 Å². The molecule has 1 unspecified atom stereocenters. The first-order valence-electron chi connectivity index (χ1n) is 13.7. The lowest BCUT2D eigenvalue weighted by molar-refractivity contribution is -0.135. The summed E-state index contributed by atoms with van der Waals surface area (Å²) in [5, 5.41) is 9.93. The van der Waals surface area contributed by atoms with Gasteiger partial charge < -0.3 is 15.2 Å². The predicted octanol–water partition coefficient (Wildman–Crippen LogP) is 4.05. The number of carbonyl (C=O) groups excluding carboxylic acids is 1. The van der Waals surface area contributed by atoms with Crippen LogP contribution >= 0.6 is 0 Å². The molecule has 1 aromatic heterocycles. The summed E-state index contributed by atoms with van der Waals surface area (Å²) in [5.41, 5.74) is 0.118. The van der Waals surface area contributed by atoms with Gasteiger partial charge in [-0.3, -0.25) is 4.79 Å². The van der Waals surface area contributed by atoms with Gasteiger partial charge in [0.05, 0.1) is 11.7 Å². The first-order valence-corrected chi connectivity index (χ1v) is 15.3. The average Bonchev–Trinajstić information content (AvgIpc) is 3.24. The van der Waals surface area contributed by atoms with Gasteiger partial charge in [0.1, 0.15) is 11.9 Å². The van der Waals surface area contributed by atoms with Gasteiger partial charge in [-0.2, -0.15) is 17.5 Å². The van der Waals surface area contributed by atoms with Crippen LogP contribution in [0, 0.1) is 5.92 Å². The lowest BCUT2D eigenvalue weighted by Crippen LogP contribution is -2.53. The van der Waals surface area contributed by atoms with Gasteiger partial charge >= 0.3 is 6.18 Å². The molecular weight excluding hydrogens is 528 g/mol. The number of halogens is 4. The van der Waals surface area contributed by atoms with Crippen molar-refractivity contribution >= 4 is 15.9 Å². The van der Waals surface area contributed by atoms with Crippen molar-refractivity contribution in [3.8, 4) is 0 Å². The number of fused-ring (bicyclic) bond motifs is 2. The Morgan fingerprint density at radius 3 is 2.32 bits per heavy atom. The number of sulfonamides is 1. The van der Waals surface area contributed by atoms with Crippen LogP contribution < -0.4 is 10.6 Å². The number of hydrogen-bond acceptors (Lipinski definition) is 6. The number of nitrogens with one attached hydrogen (secondary N) is 2. The zero-order chi connectivity index (χ0) is 27.1. The van der Waals surface area contributed by atoms with E-state index >= 15 is 0 Å². The fourth-order valence-corrected chi connectivity index (χ4v) is 8.90. The van der Waals surface area contributed by atoms with Crippen LogP contribution in [0.25, 0.3) is 0 Å². The van der Waals surface area contributed by atoms with E-state index in [-0.39, 0.29) is 59.8 Å². The molecule has 1 aromatic rings. The molecule has 214 valence electrons. The molecule has 2 bridgehead atoms. The number of rotatable bonds is 10. The number of hydrogen-bond donors (Lipinski definition) is 2. The Balaban J connectivity index is 1.07. The molecule has 3 heterocycles. The van der Waals surface area contributed by atoms with Crippen LogP contribution in [0.3, 0.4) is 0 Å². The van der Waals surface area contributed by atoms with Crippen LogP contribution in [0.5, 0.6) is 0 Å². The van der Waals surface area contributed by atoms with Crippen molar-refractivity contribution in [1.82, 2.24) is 20.1 Å². The minimum Gasteiger partial charge on any atom is -0.360 e. The lowest BCUT2D eigenvalue weighted by atomic mass is 9.87. The highest BCUT2D eigenvalue weighted by Crippen LogP contribution is 2.44. The van der Waals surface area contributed by atoms with Crippen molar-refractivity contribution < 1.29 is 35.3 Å². The molecule has 2 N–H and O–H groups in total. The molecule has 1 amide bonds. The van der Waals surface area contributed by atoms with Gasteiger partial charge in [-0.25, -0.2) is 12.8 Å². The van der Waals surface area contributed by atoms with E-state index in [1.54, 1.807) is 4.31 Å². The molecule has 0 aromatic carbocycles. The second kappa shape index (κ2) is 11.0. The SMILES string of the molecule is O=C(NC1C[C@H]2CC[C@@H](C1)N2S(=O)(=O)CC1CCC(NCCCC(F)(F)F)CC1)c1cc([C@@H]2C[C@H]2F)on1. The zero-order valence-corrected chi connectivity index (χ0v) is 22.1. The smallest absolute Gasteiger partial charge is 0.360 e. The van der Waals surface area contributed by atoms with Gasteiger partial charge in [-0.15, -0.1) is 0 Å². The van der Waals surface area contributed by atoms with Crippen LogP contribution in [0.2, 0.25) is 0 Å². The summed E-state index contributed by atoms with van der Waals surface area (Å²) in [7, 11) is -3.47. The first-order chi connectivity index (χ1) is 18.0. The second-order valence-electron chi connectivity index (χ2n) is 11.5. The molecule has 2 aliphatic heterocycles. The molecule has 4 fully saturated rings. The van der Waals surface area contributed by atoms with Crippen molar-refractivity contribution in [3.63, 3.8) is 0 Å². The number of alkyl halides is 4. The summed E-state index contributed by atoms with van der Waals surface area (Å²) in [6, 6.07) is 1.16. The van der Waals surface area contributed by atoms with Crippen LogP contribution in [0.4, 0.5) is 17.6 Å². The predicted molar refractivity (Wildman–Crippen MR) is 131 cm³/mol. The number of nitrogens with zero attached hydrogens (tertiary/aromatic N) is 2. The third-order valence-corrected chi connectivity index (χ3v) is 10.7. The van der Waals surface area contributed by atoms with Crippen molar-refractivity contribution in [3.05, 3.63) is 17.5 Å². The molecule has 0 radical (unpaired) electrons. The van der Waals surface area contributed by atoms with Crippen LogP contribution in [0.1, 0.15) is 92.8 Å². The largest absolute Gasteiger partial charge is 0.389 e. The molecule has 13 heteroatoms. The van der Waals surface area contributed by atoms with Gasteiger partial charge in [0, 0.05) is 36.7 Å². The summed E-state index contributed by atoms with van der Waals surface area (Å²) < 4.78 is 83.8. The van der Waals surface area contributed by atoms with Gasteiger partial charge in [0.2, 0.25) is 10.0 Å². The number of aromatic nitrogens is 1. The molecule has 2 aliphatic carbocycles. The van der Waals surface area contributed by atoms with E-state index in [2.05, 4.69) is 15.8 Å². The normalized spacial score (nSPS) is 33.8. The minimum atomic E-state index is -4.13. The summed E-state index contributed by atoms with van der Waals surface area (Å²) in [6.45, 7) is 0.318. The Morgan fingerprint density at radius 2 is 1.71 bits per heavy atom. The van der Waals surface area contributed by atoms with E-state index in [0.29, 0.717) is 31.6 Å². The van der Waals surface area contributed by atoms with E-state index in [1.165, 1.54) is 6.07 Å². The maximum Gasteiger partial charge on any atom is 0.389 e. The Kier molecular flexibility index (Phi) is 8.08. The van der Waals surface area contributed by atoms with Crippen LogP contribution in [0.15, 0.2) is 10.6 Å². The molecule has 5 rings (SSSR count). The van der Waals surface area contributed by atoms with Crippen LogP contribution in [-0.4, -0.2) is 72.6 Å². The van der Waals surface area contributed by atoms with Crippen molar-refractivity contribution in [2.75, 3.05) is 12.3 Å². The summed E-state index contributed by atoms with van der Waals surface area (Å²) in [6.07, 6.45) is 0.181. The van der Waals surface area contributed by atoms with Gasteiger partial charge in [0.25, 0.3) is 5.91 Å². The van der Waals surface area contributed by atoms with Crippen LogP contribution in [-0.2, 0) is 10.0 Å². The molecular formula is C25H36F4N4O4S. The third-order valence-electron chi connectivity index (χ3n) is 8.52. The highest BCUT2D eigenvalue weighted by Gasteiger charge is 2.48. The highest BCUT2D eigenvalue weighted by atomic mass is 32.2. The molecule has 2 saturated heterocycles. The Bertz CT molecular complexity index is 1080. The lowest BCUT2D eigenvalue weighted by Gasteiger charge is -2.39. The first kappa shape index (κ1) is 27.8. The maximum absolute atomic E-state index is 13.4. The molecule has 8 nitrogen and oxygen atoms in total. The maximum atomic E-state index is 13.4. The van der Waals surface area contributed by atoms with E-state index in [0.717, 1.165) is 38.5 Å². The second-order valence-corrected chi connectivity index (χ2v) is 13.4. The van der Waals surface area contributed by atoms with E-state index in [9.17, 15) is 30.8 Å². The monoisotopic (exact) mass is 564 g/mol. The summed E-state index contributed by atoms with van der Waals surface area (Å²) >= 11 is 0. The quantitative estimate of drug-likeness (QED) is 0.328. The number of amides is 1. The van der Waals surface area contributed by atoms with Crippen molar-refractivity contribution in [2.24, 2.45) is 5.92 Å². The Morgan fingerprint density at radius 1 is 1.05 bits per heavy atom. The third kappa shape index (κ3) is 6.70. The molecule has 4 aliphatic rings. The van der Waals surface area contributed by atoms with E-state index in [4.69, 9.17) is 4.52 Å². The summed E-state index contributed by atoms with van der Waals surface area (Å²) in [5.74, 6) is -0.184. The number of carbonyl (C=O) groups is 1. The molecule has 5 atom stereocenters. The Hall–Kier alpha value is -1.73. The fraction of sp³-hybridized carbons (Fsp3) is 0.840. The zero-order valence-electron chi connectivity index (χ0n) is 21.3. The average molecular weight is 565 g/mol. The van der Waals surface area contributed by atoms with Gasteiger partial charge in [0.15, 0.2) is 5.69 Å². The van der Waals surface area contributed by atoms with Gasteiger partial charge in [-0.05, 0) is 76.7 Å². The van der Waals surface area contributed by atoms with Crippen molar-refractivity contribution in [2.45, 2.75) is 113 Å². The molecule has 38 heavy (non-hydrogen) atoms. The fourth-order valence-electron chi connectivity index (χ4n) is 6.51. The number of piperidine rings is 1. The Labute approximate surface area is 220 Å². The van der Waals surface area contributed by atoms with E-state index in [1.807, 2.05) is 0 Å². The van der Waals surface area contributed by atoms with Gasteiger partial charge in [-0.1, -0.05) is 5.16 Å². The standard InChI is InChI=1S/C25H36F4N4O4S/c26-21-12-20(21)23-13-22(32-37-23)24(34)31-17-10-18-6-7-19(11-17)33(18)38(35,36)14-15-2-4-16(5-3-15)30-9-1-8-25(27,28)29/h13,15-21,30H,1-12,14H2,(H,31,34)/t15?,16?,17?,18-,19+,20-,21-/m1/s1. The summed E-state index contributed by atoms with van der Waals surface area (Å²) in [4.78, 5) is 12.7. The van der Waals surface area contributed by atoms with E-state index < -0.39 is 28.8 Å².